The van der Waals surface area contributed by atoms with E-state index in [4.69, 9.17) is 9.47 Å². The summed E-state index contributed by atoms with van der Waals surface area (Å²) in [6, 6.07) is 8.74. The molecule has 0 spiro atoms. The zero-order valence-electron chi connectivity index (χ0n) is 22.1. The Morgan fingerprint density at radius 1 is 1.15 bits per heavy atom. The van der Waals surface area contributed by atoms with Crippen molar-refractivity contribution in [1.29, 1.82) is 0 Å². The summed E-state index contributed by atoms with van der Waals surface area (Å²) in [5.41, 5.74) is 3.98. The zero-order chi connectivity index (χ0) is 27.6. The molecule has 0 bridgehead atoms. The van der Waals surface area contributed by atoms with Crippen LogP contribution in [0.15, 0.2) is 30.3 Å². The molecule has 0 N–H and O–H groups in total. The molecule has 1 saturated heterocycles. The van der Waals surface area contributed by atoms with Gasteiger partial charge in [-0.3, -0.25) is 9.59 Å². The highest BCUT2D eigenvalue weighted by Gasteiger charge is 2.31. The van der Waals surface area contributed by atoms with Crippen LogP contribution >= 0.6 is 0 Å². The number of carbonyl (C=O) groups is 2. The topological polar surface area (TPSA) is 72.0 Å². The van der Waals surface area contributed by atoms with Gasteiger partial charge in [0.15, 0.2) is 12.4 Å². The number of hydrogen-bond acceptors (Lipinski definition) is 6. The molecule has 1 aromatic heterocycles. The Bertz CT molecular complexity index is 1210. The molecule has 10 heteroatoms. The maximum atomic E-state index is 13.1. The largest absolute Gasteiger partial charge is 0.468 e. The number of pyridine rings is 1. The molecule has 0 radical (unpaired) electrons. The minimum Gasteiger partial charge on any atom is -0.468 e. The van der Waals surface area contributed by atoms with Gasteiger partial charge in [-0.1, -0.05) is 18.2 Å². The number of aromatic nitrogens is 1. The molecule has 5 rings (SSSR count). The van der Waals surface area contributed by atoms with Crippen molar-refractivity contribution in [2.24, 2.45) is 5.92 Å². The van der Waals surface area contributed by atoms with E-state index >= 15 is 0 Å². The Balaban J connectivity index is 1.05. The summed E-state index contributed by atoms with van der Waals surface area (Å²) in [5.74, 6) is 0.229. The van der Waals surface area contributed by atoms with Crippen LogP contribution in [0.25, 0.3) is 0 Å². The van der Waals surface area contributed by atoms with E-state index in [9.17, 15) is 22.8 Å². The van der Waals surface area contributed by atoms with E-state index < -0.39 is 12.8 Å². The van der Waals surface area contributed by atoms with Crippen LogP contribution in [0.2, 0.25) is 0 Å². The molecule has 1 aromatic carbocycles. The summed E-state index contributed by atoms with van der Waals surface area (Å²) in [6.45, 7) is 2.21. The number of amides is 1. The smallest absolute Gasteiger partial charge is 0.422 e. The number of hydrogen-bond donors (Lipinski definition) is 0. The third-order valence-corrected chi connectivity index (χ3v) is 7.94. The number of fused-ring (bicyclic) bond motifs is 2. The Kier molecular flexibility index (Phi) is 8.23. The number of carbonyl (C=O) groups excluding carboxylic acids is 2. The first kappa shape index (κ1) is 27.6. The molecule has 0 saturated carbocycles. The fourth-order valence-electron chi connectivity index (χ4n) is 5.75. The number of benzene rings is 1. The van der Waals surface area contributed by atoms with Crippen molar-refractivity contribution in [1.82, 2.24) is 14.8 Å². The third kappa shape index (κ3) is 6.78. The highest BCUT2D eigenvalue weighted by Crippen LogP contribution is 2.29. The summed E-state index contributed by atoms with van der Waals surface area (Å²) < 4.78 is 48.3. The van der Waals surface area contributed by atoms with Crippen molar-refractivity contribution >= 4 is 11.7 Å². The van der Waals surface area contributed by atoms with Gasteiger partial charge in [0.1, 0.15) is 0 Å². The lowest BCUT2D eigenvalue weighted by Gasteiger charge is -2.30. The molecule has 39 heavy (non-hydrogen) atoms. The van der Waals surface area contributed by atoms with E-state index in [1.165, 1.54) is 6.07 Å². The summed E-state index contributed by atoms with van der Waals surface area (Å²) in [7, 11) is 1.75. The summed E-state index contributed by atoms with van der Waals surface area (Å²) in [4.78, 5) is 33.7. The summed E-state index contributed by atoms with van der Waals surface area (Å²) in [6.07, 6.45) is 0.374. The third-order valence-electron chi connectivity index (χ3n) is 7.94. The second kappa shape index (κ2) is 11.6. The highest BCUT2D eigenvalue weighted by atomic mass is 19.4. The average molecular weight is 546 g/mol. The highest BCUT2D eigenvalue weighted by molar-refractivity contribution is 6.05. The first-order valence-corrected chi connectivity index (χ1v) is 13.6. The van der Waals surface area contributed by atoms with Gasteiger partial charge in [0.05, 0.1) is 12.7 Å². The van der Waals surface area contributed by atoms with Crippen LogP contribution in [0.5, 0.6) is 5.88 Å². The van der Waals surface area contributed by atoms with E-state index in [-0.39, 0.29) is 29.6 Å². The quantitative estimate of drug-likeness (QED) is 0.456. The van der Waals surface area contributed by atoms with Crippen molar-refractivity contribution in [3.63, 3.8) is 0 Å². The van der Waals surface area contributed by atoms with Gasteiger partial charge in [-0.25, -0.2) is 4.98 Å². The van der Waals surface area contributed by atoms with Gasteiger partial charge in [0.2, 0.25) is 5.88 Å². The average Bonchev–Trinajstić information content (AvgIpc) is 3.07. The number of halogens is 3. The van der Waals surface area contributed by atoms with Crippen LogP contribution in [0, 0.1) is 5.92 Å². The summed E-state index contributed by atoms with van der Waals surface area (Å²) >= 11 is 0. The van der Waals surface area contributed by atoms with Crippen molar-refractivity contribution in [3.8, 4) is 5.88 Å². The van der Waals surface area contributed by atoms with Crippen molar-refractivity contribution in [3.05, 3.63) is 58.3 Å². The Morgan fingerprint density at radius 2 is 1.97 bits per heavy atom. The number of rotatable bonds is 8. The Hall–Kier alpha value is -2.98. The molecule has 3 aliphatic heterocycles. The van der Waals surface area contributed by atoms with Gasteiger partial charge >= 0.3 is 6.18 Å². The lowest BCUT2D eigenvalue weighted by molar-refractivity contribution is -0.154. The predicted octanol–water partition coefficient (Wildman–Crippen LogP) is 4.47. The van der Waals surface area contributed by atoms with Gasteiger partial charge in [-0.2, -0.15) is 13.2 Å². The van der Waals surface area contributed by atoms with Gasteiger partial charge < -0.3 is 19.3 Å². The fraction of sp³-hybridized carbons (Fsp3) is 0.552. The van der Waals surface area contributed by atoms with Gasteiger partial charge in [0.25, 0.3) is 5.91 Å². The van der Waals surface area contributed by atoms with Crippen LogP contribution in [-0.4, -0.2) is 78.7 Å². The van der Waals surface area contributed by atoms with Crippen molar-refractivity contribution in [2.45, 2.75) is 57.3 Å². The second-order valence-corrected chi connectivity index (χ2v) is 10.8. The zero-order valence-corrected chi connectivity index (χ0v) is 22.1. The molecule has 7 nitrogen and oxygen atoms in total. The molecule has 2 aromatic rings. The molecular formula is C29H34F3N3O4. The van der Waals surface area contributed by atoms with E-state index in [1.54, 1.807) is 24.1 Å². The number of nitrogens with zero attached hydrogens (tertiary/aromatic N) is 3. The second-order valence-electron chi connectivity index (χ2n) is 10.8. The first-order chi connectivity index (χ1) is 18.7. The van der Waals surface area contributed by atoms with Crippen molar-refractivity contribution < 1.29 is 32.2 Å². The maximum absolute atomic E-state index is 13.1. The lowest BCUT2D eigenvalue weighted by atomic mass is 9.89. The SMILES string of the molecule is CN1Cc2c(C(=O)C[C@H]3CC[C@H](CCN4CCc5ccc(OCC(F)(F)F)nc5CC4)OC3)cccc2C1=O. The normalized spacial score (nSPS) is 21.8. The van der Waals surface area contributed by atoms with Gasteiger partial charge in [0, 0.05) is 69.0 Å². The molecule has 1 amide bonds. The van der Waals surface area contributed by atoms with Crippen LogP contribution in [0.4, 0.5) is 13.2 Å². The molecule has 2 atom stereocenters. The van der Waals surface area contributed by atoms with E-state index in [2.05, 4.69) is 9.88 Å². The number of ether oxygens (including phenoxy) is 2. The molecular weight excluding hydrogens is 511 g/mol. The van der Waals surface area contributed by atoms with Gasteiger partial charge in [-0.05, 0) is 48.8 Å². The number of Topliss-reactive ketones (excluding diaryl/α,β-unsaturated/α-hetero) is 1. The maximum Gasteiger partial charge on any atom is 0.422 e. The van der Waals surface area contributed by atoms with E-state index in [0.717, 1.165) is 62.1 Å². The molecule has 3 aliphatic rings. The van der Waals surface area contributed by atoms with E-state index in [0.29, 0.717) is 37.1 Å². The van der Waals surface area contributed by atoms with E-state index in [1.807, 2.05) is 12.1 Å². The molecule has 4 heterocycles. The Labute approximate surface area is 226 Å². The number of alkyl halides is 3. The standard InChI is InChI=1S/C29H34F3N3O4/c1-34-16-24-22(3-2-4-23(24)28(34)37)26(36)15-19-5-7-21(38-17-19)10-13-35-12-9-20-6-8-27(33-25(20)11-14-35)39-18-29(30,31)32/h2-4,6,8,19,21H,5,7,9-18H2,1H3/t19-,21-/m1/s1. The molecule has 0 unspecified atom stereocenters. The fourth-order valence-corrected chi connectivity index (χ4v) is 5.75. The Morgan fingerprint density at radius 3 is 2.74 bits per heavy atom. The molecule has 0 aliphatic carbocycles. The number of ketones is 1. The van der Waals surface area contributed by atoms with Crippen LogP contribution in [0.3, 0.4) is 0 Å². The van der Waals surface area contributed by atoms with Crippen LogP contribution < -0.4 is 4.74 Å². The van der Waals surface area contributed by atoms with Crippen LogP contribution in [0.1, 0.15) is 63.2 Å². The minimum absolute atomic E-state index is 0.0145. The predicted molar refractivity (Wildman–Crippen MR) is 138 cm³/mol. The summed E-state index contributed by atoms with van der Waals surface area (Å²) in [5, 5.41) is 0. The van der Waals surface area contributed by atoms with Crippen molar-refractivity contribution in [2.75, 3.05) is 39.9 Å². The molecule has 210 valence electrons. The first-order valence-electron chi connectivity index (χ1n) is 13.6. The van der Waals surface area contributed by atoms with Gasteiger partial charge in [-0.15, -0.1) is 0 Å². The molecule has 1 fully saturated rings. The lowest BCUT2D eigenvalue weighted by Crippen LogP contribution is -2.33. The van der Waals surface area contributed by atoms with Crippen LogP contribution in [-0.2, 0) is 24.1 Å². The monoisotopic (exact) mass is 545 g/mol. The minimum atomic E-state index is -4.39.